The van der Waals surface area contributed by atoms with Crippen LogP contribution in [0.2, 0.25) is 0 Å². The molecule has 1 unspecified atom stereocenters. The van der Waals surface area contributed by atoms with Gasteiger partial charge in [0.25, 0.3) is 5.92 Å². The van der Waals surface area contributed by atoms with Gasteiger partial charge < -0.3 is 5.11 Å². The van der Waals surface area contributed by atoms with Gasteiger partial charge in [-0.25, -0.2) is 8.78 Å². The molecule has 8 atom stereocenters. The van der Waals surface area contributed by atoms with Crippen molar-refractivity contribution in [1.82, 2.24) is 0 Å². The molecule has 0 spiro atoms. The molecule has 4 aliphatic carbocycles. The molecule has 0 amide bonds. The number of aliphatic hydroxyl groups is 1. The molecule has 0 saturated heterocycles. The van der Waals surface area contributed by atoms with E-state index in [1.54, 1.807) is 13.8 Å². The van der Waals surface area contributed by atoms with Crippen LogP contribution in [0.15, 0.2) is 0 Å². The summed E-state index contributed by atoms with van der Waals surface area (Å²) in [6.07, 6.45) is 5.40. The lowest BCUT2D eigenvalue weighted by atomic mass is 9.48. The Morgan fingerprint density at radius 3 is 2.28 bits per heavy atom. The van der Waals surface area contributed by atoms with E-state index < -0.39 is 17.4 Å². The first kappa shape index (κ1) is 17.9. The minimum atomic E-state index is -2.68. The van der Waals surface area contributed by atoms with Crippen LogP contribution in [0.25, 0.3) is 0 Å². The average molecular weight is 354 g/mol. The number of hydrogen-bond donors (Lipinski definition) is 1. The van der Waals surface area contributed by atoms with Crippen LogP contribution >= 0.6 is 0 Å². The summed E-state index contributed by atoms with van der Waals surface area (Å²) in [5, 5.41) is 10.4. The van der Waals surface area contributed by atoms with Gasteiger partial charge in [0.05, 0.1) is 5.60 Å². The third-order valence-electron chi connectivity index (χ3n) is 8.78. The van der Waals surface area contributed by atoms with Crippen molar-refractivity contribution in [3.63, 3.8) is 0 Å². The first-order valence-corrected chi connectivity index (χ1v) is 10.2. The molecule has 4 heteroatoms. The van der Waals surface area contributed by atoms with Gasteiger partial charge in [-0.3, -0.25) is 4.79 Å². The smallest absolute Gasteiger partial charge is 0.251 e. The molecule has 0 heterocycles. The highest BCUT2D eigenvalue weighted by molar-refractivity contribution is 5.79. The van der Waals surface area contributed by atoms with Crippen LogP contribution in [0.3, 0.4) is 0 Å². The molecule has 1 N–H and O–H groups in total. The molecule has 0 aromatic heterocycles. The maximum absolute atomic E-state index is 15.1. The summed E-state index contributed by atoms with van der Waals surface area (Å²) in [7, 11) is 0. The molecular formula is C21H32F2O2. The molecule has 0 aliphatic heterocycles. The van der Waals surface area contributed by atoms with Crippen molar-refractivity contribution < 1.29 is 18.7 Å². The third-order valence-corrected chi connectivity index (χ3v) is 8.78. The number of fused-ring (bicyclic) bond motifs is 5. The van der Waals surface area contributed by atoms with Crippen LogP contribution in [0.4, 0.5) is 8.78 Å². The quantitative estimate of drug-likeness (QED) is 0.731. The Kier molecular flexibility index (Phi) is 3.93. The molecule has 0 radical (unpaired) electrons. The van der Waals surface area contributed by atoms with Gasteiger partial charge >= 0.3 is 0 Å². The first-order chi connectivity index (χ1) is 11.6. The van der Waals surface area contributed by atoms with Crippen molar-refractivity contribution in [2.75, 3.05) is 0 Å². The van der Waals surface area contributed by atoms with Crippen molar-refractivity contribution in [2.24, 2.45) is 40.9 Å². The second-order valence-electron chi connectivity index (χ2n) is 10.2. The Morgan fingerprint density at radius 1 is 0.920 bits per heavy atom. The molecule has 4 saturated carbocycles. The predicted molar refractivity (Wildman–Crippen MR) is 92.2 cm³/mol. The van der Waals surface area contributed by atoms with Crippen molar-refractivity contribution in [3.05, 3.63) is 0 Å². The van der Waals surface area contributed by atoms with Crippen LogP contribution in [0.5, 0.6) is 0 Å². The minimum Gasteiger partial charge on any atom is -0.390 e. The zero-order chi connectivity index (χ0) is 18.2. The van der Waals surface area contributed by atoms with E-state index in [1.807, 2.05) is 0 Å². The number of alkyl halides is 2. The van der Waals surface area contributed by atoms with E-state index in [9.17, 15) is 9.90 Å². The van der Waals surface area contributed by atoms with Gasteiger partial charge in [-0.05, 0) is 87.9 Å². The van der Waals surface area contributed by atoms with Gasteiger partial charge in [-0.2, -0.15) is 0 Å². The normalized spacial score (nSPS) is 54.3. The highest BCUT2D eigenvalue weighted by Crippen LogP contribution is 2.66. The number of carbonyl (C=O) groups excluding carboxylic acids is 1. The van der Waals surface area contributed by atoms with E-state index in [2.05, 4.69) is 6.92 Å². The lowest BCUT2D eigenvalue weighted by Gasteiger charge is -2.58. The van der Waals surface area contributed by atoms with E-state index >= 15 is 8.78 Å². The average Bonchev–Trinajstić information content (AvgIpc) is 2.84. The SMILES string of the molecule is CC(=O)[C@H]1CC[C@H]2[C@@H]3CC(F)(F)C4C[C@@](C)(O)CC[C@@H]4[C@H]3CC[C@]12C. The second kappa shape index (κ2) is 5.50. The van der Waals surface area contributed by atoms with Gasteiger partial charge in [0.2, 0.25) is 0 Å². The number of rotatable bonds is 1. The maximum Gasteiger partial charge on any atom is 0.251 e. The lowest BCUT2D eigenvalue weighted by Crippen LogP contribution is -2.57. The molecule has 4 aliphatic rings. The first-order valence-electron chi connectivity index (χ1n) is 10.2. The maximum atomic E-state index is 15.1. The monoisotopic (exact) mass is 354 g/mol. The molecule has 0 bridgehead atoms. The number of halogens is 2. The summed E-state index contributed by atoms with van der Waals surface area (Å²) < 4.78 is 30.2. The van der Waals surface area contributed by atoms with Gasteiger partial charge in [-0.1, -0.05) is 6.92 Å². The van der Waals surface area contributed by atoms with Crippen LogP contribution < -0.4 is 0 Å². The van der Waals surface area contributed by atoms with Crippen molar-refractivity contribution in [1.29, 1.82) is 0 Å². The summed E-state index contributed by atoms with van der Waals surface area (Å²) in [6.45, 7) is 5.60. The highest BCUT2D eigenvalue weighted by Gasteiger charge is 2.64. The van der Waals surface area contributed by atoms with Crippen LogP contribution in [0, 0.1) is 40.9 Å². The minimum absolute atomic E-state index is 0.0280. The van der Waals surface area contributed by atoms with Gasteiger partial charge in [0, 0.05) is 18.3 Å². The zero-order valence-corrected chi connectivity index (χ0v) is 15.7. The Balaban J connectivity index is 1.64. The van der Waals surface area contributed by atoms with Crippen molar-refractivity contribution >= 4 is 5.78 Å². The summed E-state index contributed by atoms with van der Waals surface area (Å²) in [5.41, 5.74) is -1.01. The van der Waals surface area contributed by atoms with E-state index in [0.717, 1.165) is 32.1 Å². The van der Waals surface area contributed by atoms with Crippen LogP contribution in [-0.2, 0) is 4.79 Å². The summed E-state index contributed by atoms with van der Waals surface area (Å²) in [4.78, 5) is 12.1. The molecule has 25 heavy (non-hydrogen) atoms. The van der Waals surface area contributed by atoms with Crippen molar-refractivity contribution in [2.45, 2.75) is 83.7 Å². The molecule has 142 valence electrons. The molecule has 0 aromatic rings. The second-order valence-corrected chi connectivity index (χ2v) is 10.2. The van der Waals surface area contributed by atoms with E-state index in [1.165, 1.54) is 0 Å². The number of hydrogen-bond acceptors (Lipinski definition) is 2. The Labute approximate surface area is 149 Å². The fourth-order valence-electron chi connectivity index (χ4n) is 7.66. The fourth-order valence-corrected chi connectivity index (χ4v) is 7.66. The summed E-state index contributed by atoms with van der Waals surface area (Å²) >= 11 is 0. The third kappa shape index (κ3) is 2.61. The molecular weight excluding hydrogens is 322 g/mol. The van der Waals surface area contributed by atoms with E-state index in [0.29, 0.717) is 12.3 Å². The number of ketones is 1. The molecule has 4 fully saturated rings. The van der Waals surface area contributed by atoms with Gasteiger partial charge in [-0.15, -0.1) is 0 Å². The number of carbonyl (C=O) groups is 1. The van der Waals surface area contributed by atoms with Crippen molar-refractivity contribution in [3.8, 4) is 0 Å². The van der Waals surface area contributed by atoms with Gasteiger partial charge in [0.1, 0.15) is 5.78 Å². The largest absolute Gasteiger partial charge is 0.390 e. The highest BCUT2D eigenvalue weighted by atomic mass is 19.3. The van der Waals surface area contributed by atoms with Crippen LogP contribution in [-0.4, -0.2) is 22.4 Å². The van der Waals surface area contributed by atoms with E-state index in [-0.39, 0.29) is 47.7 Å². The standard InChI is InChI=1S/C21H32F2O2/c1-12(24)16-4-5-17-15-10-21(22,23)18-11-19(2,25)8-6-14(18)13(15)7-9-20(16,17)3/h13-18,25H,4-11H2,1-3H3/t13-,14-,15-,16-,17+,18?,19+,20-/m1/s1. The number of Topliss-reactive ketones (excluding diaryl/α,β-unsaturated/α-hetero) is 1. The Morgan fingerprint density at radius 2 is 1.60 bits per heavy atom. The Hall–Kier alpha value is -0.510. The predicted octanol–water partition coefficient (Wildman–Crippen LogP) is 4.84. The van der Waals surface area contributed by atoms with Gasteiger partial charge in [0.15, 0.2) is 0 Å². The molecule has 2 nitrogen and oxygen atoms in total. The molecule has 0 aromatic carbocycles. The lowest BCUT2D eigenvalue weighted by molar-refractivity contribution is -0.210. The summed E-state index contributed by atoms with van der Waals surface area (Å²) in [5.74, 6) is -2.28. The zero-order valence-electron chi connectivity index (χ0n) is 15.7. The fraction of sp³-hybridized carbons (Fsp3) is 0.952. The molecule has 4 rings (SSSR count). The van der Waals surface area contributed by atoms with Crippen LogP contribution in [0.1, 0.15) is 72.1 Å². The van der Waals surface area contributed by atoms with E-state index in [4.69, 9.17) is 0 Å². The Bertz CT molecular complexity index is 572. The topological polar surface area (TPSA) is 37.3 Å². The summed E-state index contributed by atoms with van der Waals surface area (Å²) in [6, 6.07) is 0.